The molecule has 0 amide bonds. The van der Waals surface area contributed by atoms with E-state index in [0.29, 0.717) is 41.7 Å². The van der Waals surface area contributed by atoms with E-state index in [4.69, 9.17) is 9.72 Å². The minimum atomic E-state index is -2.39. The molecule has 208 valence electrons. The predicted octanol–water partition coefficient (Wildman–Crippen LogP) is 4.74. The average Bonchev–Trinajstić information content (AvgIpc) is 3.65. The number of aromatic nitrogens is 6. The Morgan fingerprint density at radius 2 is 1.80 bits per heavy atom. The second-order valence-corrected chi connectivity index (χ2v) is 12.7. The van der Waals surface area contributed by atoms with Gasteiger partial charge in [-0.1, -0.05) is 0 Å². The van der Waals surface area contributed by atoms with Crippen molar-refractivity contribution in [2.75, 3.05) is 36.6 Å². The number of pyridine rings is 3. The zero-order chi connectivity index (χ0) is 28.6. The van der Waals surface area contributed by atoms with E-state index < -0.39 is 9.73 Å². The Morgan fingerprint density at radius 3 is 2.44 bits per heavy atom. The summed E-state index contributed by atoms with van der Waals surface area (Å²) >= 11 is 0. The number of methoxy groups -OCH3 is 1. The number of ether oxygens (including phenoxy) is 1. The van der Waals surface area contributed by atoms with E-state index in [1.165, 1.54) is 0 Å². The number of hydrogen-bond acceptors (Lipinski definition) is 9. The largest absolute Gasteiger partial charge is 0.481 e. The van der Waals surface area contributed by atoms with Crippen LogP contribution in [0.15, 0.2) is 71.9 Å². The number of nitrogens with zero attached hydrogens (tertiary/aromatic N) is 9. The van der Waals surface area contributed by atoms with Gasteiger partial charge < -0.3 is 9.64 Å². The molecule has 41 heavy (non-hydrogen) atoms. The van der Waals surface area contributed by atoms with Crippen molar-refractivity contribution in [2.45, 2.75) is 19.9 Å². The van der Waals surface area contributed by atoms with Crippen LogP contribution in [-0.4, -0.2) is 65.3 Å². The summed E-state index contributed by atoms with van der Waals surface area (Å²) in [5.41, 5.74) is 5.46. The first-order valence-electron chi connectivity index (χ1n) is 13.3. The second-order valence-electron chi connectivity index (χ2n) is 10.1. The number of hydrogen-bond donors (Lipinski definition) is 0. The van der Waals surface area contributed by atoms with E-state index in [2.05, 4.69) is 50.4 Å². The number of anilines is 1. The molecule has 0 atom stereocenters. The summed E-state index contributed by atoms with van der Waals surface area (Å²) < 4.78 is 26.6. The Hall–Kier alpha value is -4.76. The summed E-state index contributed by atoms with van der Waals surface area (Å²) in [4.78, 5) is 11.0. The normalized spacial score (nSPS) is 14.8. The topological polar surface area (TPSA) is 127 Å². The van der Waals surface area contributed by atoms with Crippen molar-refractivity contribution in [1.82, 2.24) is 29.4 Å². The van der Waals surface area contributed by atoms with Crippen molar-refractivity contribution in [2.24, 2.45) is 4.36 Å². The lowest BCUT2D eigenvalue weighted by Crippen LogP contribution is -2.40. The molecule has 1 saturated heterocycles. The van der Waals surface area contributed by atoms with E-state index in [-0.39, 0.29) is 6.04 Å². The first-order valence-corrected chi connectivity index (χ1v) is 15.1. The highest BCUT2D eigenvalue weighted by molar-refractivity contribution is 7.93. The van der Waals surface area contributed by atoms with E-state index in [1.54, 1.807) is 36.2 Å². The van der Waals surface area contributed by atoms with Gasteiger partial charge in [-0.25, -0.2) is 18.7 Å². The monoisotopic (exact) mass is 567 g/mol. The summed E-state index contributed by atoms with van der Waals surface area (Å²) in [7, 11) is -0.834. The Bertz CT molecular complexity index is 1860. The first kappa shape index (κ1) is 26.5. The zero-order valence-corrected chi connectivity index (χ0v) is 23.8. The fourth-order valence-corrected chi connectivity index (χ4v) is 6.75. The third-order valence-corrected chi connectivity index (χ3v) is 9.33. The van der Waals surface area contributed by atoms with Crippen LogP contribution >= 0.6 is 0 Å². The van der Waals surface area contributed by atoms with E-state index in [9.17, 15) is 9.47 Å². The third-order valence-electron chi connectivity index (χ3n) is 7.14. The highest BCUT2D eigenvalue weighted by atomic mass is 32.2. The van der Waals surface area contributed by atoms with Crippen molar-refractivity contribution in [3.8, 4) is 34.2 Å². The SMILES string of the molecule is COc1ccc(N=S2(=O)CCN(c3ccc(-c4cc(-c5cnn(C(C)C)c5)cn5ncc(C#N)c45)cn3)CC2)cn1. The Balaban J connectivity index is 1.26. The van der Waals surface area contributed by atoms with Gasteiger partial charge in [0.05, 0.1) is 52.2 Å². The van der Waals surface area contributed by atoms with Gasteiger partial charge in [0.15, 0.2) is 0 Å². The van der Waals surface area contributed by atoms with Crippen molar-refractivity contribution in [3.63, 3.8) is 0 Å². The Labute approximate surface area is 238 Å². The van der Waals surface area contributed by atoms with E-state index in [0.717, 1.165) is 33.6 Å². The molecule has 0 bridgehead atoms. The number of fused-ring (bicyclic) bond motifs is 1. The van der Waals surface area contributed by atoms with Gasteiger partial charge in [0.25, 0.3) is 0 Å². The lowest BCUT2D eigenvalue weighted by atomic mass is 10.0. The van der Waals surface area contributed by atoms with Crippen LogP contribution < -0.4 is 9.64 Å². The molecule has 0 aliphatic carbocycles. The molecule has 6 rings (SSSR count). The molecule has 0 N–H and O–H groups in total. The molecule has 1 aliphatic rings. The summed E-state index contributed by atoms with van der Waals surface area (Å²) in [6.07, 6.45) is 10.8. The van der Waals surface area contributed by atoms with Crippen LogP contribution in [0.4, 0.5) is 11.5 Å². The summed E-state index contributed by atoms with van der Waals surface area (Å²) in [6, 6.07) is 12.0. The van der Waals surface area contributed by atoms with Crippen LogP contribution in [-0.2, 0) is 9.73 Å². The fourth-order valence-electron chi connectivity index (χ4n) is 4.86. The molecule has 0 unspecified atom stereocenters. The van der Waals surface area contributed by atoms with Gasteiger partial charge >= 0.3 is 0 Å². The van der Waals surface area contributed by atoms with Crippen molar-refractivity contribution in [1.29, 1.82) is 5.26 Å². The van der Waals surface area contributed by atoms with Gasteiger partial charge in [-0.05, 0) is 38.1 Å². The van der Waals surface area contributed by atoms with Crippen LogP contribution in [0.25, 0.3) is 27.8 Å². The lowest BCUT2D eigenvalue weighted by molar-refractivity contribution is 0.398. The Kier molecular flexibility index (Phi) is 6.88. The van der Waals surface area contributed by atoms with Crippen LogP contribution in [0.3, 0.4) is 0 Å². The maximum absolute atomic E-state index is 13.4. The number of nitriles is 1. The first-order chi connectivity index (χ1) is 19.9. The van der Waals surface area contributed by atoms with Crippen molar-refractivity contribution >= 4 is 26.8 Å². The zero-order valence-electron chi connectivity index (χ0n) is 23.0. The second kappa shape index (κ2) is 10.7. The summed E-state index contributed by atoms with van der Waals surface area (Å²) in [6.45, 7) is 5.33. The summed E-state index contributed by atoms with van der Waals surface area (Å²) in [5.74, 6) is 2.18. The van der Waals surface area contributed by atoms with Crippen LogP contribution in [0.5, 0.6) is 5.88 Å². The van der Waals surface area contributed by atoms with E-state index >= 15 is 0 Å². The molecule has 11 nitrogen and oxygen atoms in total. The van der Waals surface area contributed by atoms with E-state index in [1.807, 2.05) is 41.6 Å². The minimum Gasteiger partial charge on any atom is -0.481 e. The smallest absolute Gasteiger partial charge is 0.213 e. The summed E-state index contributed by atoms with van der Waals surface area (Å²) in [5, 5.41) is 18.7. The molecule has 1 aliphatic heterocycles. The van der Waals surface area contributed by atoms with Crippen LogP contribution in [0.2, 0.25) is 0 Å². The molecular formula is C29H29N9O2S. The van der Waals surface area contributed by atoms with Gasteiger partial charge in [-0.15, -0.1) is 0 Å². The molecule has 5 aromatic heterocycles. The maximum Gasteiger partial charge on any atom is 0.213 e. The van der Waals surface area contributed by atoms with Gasteiger partial charge in [-0.3, -0.25) is 4.68 Å². The Morgan fingerprint density at radius 1 is 0.976 bits per heavy atom. The molecule has 0 saturated carbocycles. The van der Waals surface area contributed by atoms with Gasteiger partial charge in [-0.2, -0.15) is 19.8 Å². The fraction of sp³-hybridized carbons (Fsp3) is 0.276. The molecular weight excluding hydrogens is 538 g/mol. The third kappa shape index (κ3) is 5.24. The quantitative estimate of drug-likeness (QED) is 0.288. The van der Waals surface area contributed by atoms with Crippen LogP contribution in [0, 0.1) is 11.3 Å². The van der Waals surface area contributed by atoms with Crippen LogP contribution in [0.1, 0.15) is 25.5 Å². The standard InChI is InChI=1S/C29H29N9O2S/c1-20(2)37-19-24(16-33-37)22-12-26(29-23(13-30)15-34-38(29)18-22)21-4-6-27(31-14-21)36-8-10-41(39,11-9-36)35-25-5-7-28(40-3)32-17-25/h4-7,12,14-20H,8-11H2,1-3H3. The lowest BCUT2D eigenvalue weighted by Gasteiger charge is -2.29. The predicted molar refractivity (Wildman–Crippen MR) is 158 cm³/mol. The molecule has 12 heteroatoms. The minimum absolute atomic E-state index is 0.245. The molecule has 0 spiro atoms. The molecule has 0 radical (unpaired) electrons. The highest BCUT2D eigenvalue weighted by Crippen LogP contribution is 2.33. The van der Waals surface area contributed by atoms with Crippen molar-refractivity contribution < 1.29 is 8.95 Å². The molecule has 5 aromatic rings. The van der Waals surface area contributed by atoms with Gasteiger partial charge in [0, 0.05) is 77.5 Å². The number of rotatable bonds is 6. The molecule has 0 aromatic carbocycles. The maximum atomic E-state index is 13.4. The van der Waals surface area contributed by atoms with Crippen molar-refractivity contribution in [3.05, 3.63) is 73.1 Å². The molecule has 6 heterocycles. The average molecular weight is 568 g/mol. The molecule has 1 fully saturated rings. The van der Waals surface area contributed by atoms with Gasteiger partial charge in [0.2, 0.25) is 5.88 Å². The van der Waals surface area contributed by atoms with Gasteiger partial charge in [0.1, 0.15) is 11.9 Å². The highest BCUT2D eigenvalue weighted by Gasteiger charge is 2.22.